The average Bonchev–Trinajstić information content (AvgIpc) is 2.45. The highest BCUT2D eigenvalue weighted by Crippen LogP contribution is 2.22. The van der Waals surface area contributed by atoms with Crippen LogP contribution < -0.4 is 11.1 Å². The van der Waals surface area contributed by atoms with Crippen LogP contribution in [-0.2, 0) is 4.79 Å². The third-order valence-electron chi connectivity index (χ3n) is 3.31. The molecule has 0 spiro atoms. The first-order valence-corrected chi connectivity index (χ1v) is 8.01. The van der Waals surface area contributed by atoms with Crippen molar-refractivity contribution in [3.8, 4) is 0 Å². The maximum Gasteiger partial charge on any atom is 0.238 e. The predicted molar refractivity (Wildman–Crippen MR) is 90.8 cm³/mol. The first-order valence-electron chi connectivity index (χ1n) is 7.64. The number of unbranched alkanes of at least 4 members (excludes halogenated alkanes) is 2. The van der Waals surface area contributed by atoms with Crippen LogP contribution in [0, 0.1) is 0 Å². The summed E-state index contributed by atoms with van der Waals surface area (Å²) in [5, 5.41) is 3.42. The molecule has 0 atom stereocenters. The zero-order valence-corrected chi connectivity index (χ0v) is 13.7. The summed E-state index contributed by atoms with van der Waals surface area (Å²) in [6.07, 6.45) is 4.49. The van der Waals surface area contributed by atoms with Gasteiger partial charge >= 0.3 is 0 Å². The van der Waals surface area contributed by atoms with Gasteiger partial charge in [0.2, 0.25) is 5.91 Å². The van der Waals surface area contributed by atoms with E-state index in [0.717, 1.165) is 38.8 Å². The van der Waals surface area contributed by atoms with E-state index >= 15 is 0 Å². The van der Waals surface area contributed by atoms with Crippen LogP contribution in [0.3, 0.4) is 0 Å². The van der Waals surface area contributed by atoms with Crippen LogP contribution in [0.4, 0.5) is 11.4 Å². The lowest BCUT2D eigenvalue weighted by Gasteiger charge is -2.21. The molecular weight excluding hydrogens is 286 g/mol. The van der Waals surface area contributed by atoms with Crippen molar-refractivity contribution >= 4 is 28.9 Å². The summed E-state index contributed by atoms with van der Waals surface area (Å²) in [5.74, 6) is -0.0313. The smallest absolute Gasteiger partial charge is 0.238 e. The minimum absolute atomic E-state index is 0.0313. The van der Waals surface area contributed by atoms with Crippen molar-refractivity contribution in [2.75, 3.05) is 30.7 Å². The summed E-state index contributed by atoms with van der Waals surface area (Å²) in [5.41, 5.74) is 6.96. The van der Waals surface area contributed by atoms with E-state index in [2.05, 4.69) is 24.1 Å². The normalized spacial score (nSPS) is 10.9. The van der Waals surface area contributed by atoms with Gasteiger partial charge in [-0.2, -0.15) is 0 Å². The molecule has 0 saturated carbocycles. The molecule has 4 nitrogen and oxygen atoms in total. The second-order valence-electron chi connectivity index (χ2n) is 5.26. The predicted octanol–water partition coefficient (Wildman–Crippen LogP) is 3.76. The molecule has 0 bridgehead atoms. The Bertz CT molecular complexity index is 443. The maximum absolute atomic E-state index is 12.1. The third kappa shape index (κ3) is 6.82. The van der Waals surface area contributed by atoms with Gasteiger partial charge < -0.3 is 11.1 Å². The number of nitrogens with two attached hydrogens (primary N) is 1. The first kappa shape index (κ1) is 17.8. The summed E-state index contributed by atoms with van der Waals surface area (Å²) in [7, 11) is 0. The Kier molecular flexibility index (Phi) is 8.16. The lowest BCUT2D eigenvalue weighted by molar-refractivity contribution is -0.117. The van der Waals surface area contributed by atoms with Crippen molar-refractivity contribution in [2.45, 2.75) is 39.5 Å². The van der Waals surface area contributed by atoms with E-state index in [1.54, 1.807) is 18.2 Å². The number of halogens is 1. The summed E-state index contributed by atoms with van der Waals surface area (Å²) < 4.78 is 0. The van der Waals surface area contributed by atoms with Crippen LogP contribution in [0.5, 0.6) is 0 Å². The molecule has 1 aromatic carbocycles. The fraction of sp³-hybridized carbons (Fsp3) is 0.562. The summed E-state index contributed by atoms with van der Waals surface area (Å²) in [6.45, 7) is 6.64. The second kappa shape index (κ2) is 9.64. The van der Waals surface area contributed by atoms with Crippen LogP contribution in [0.25, 0.3) is 0 Å². The third-order valence-corrected chi connectivity index (χ3v) is 3.55. The van der Waals surface area contributed by atoms with E-state index in [-0.39, 0.29) is 5.91 Å². The highest BCUT2D eigenvalue weighted by Gasteiger charge is 2.11. The van der Waals surface area contributed by atoms with Crippen molar-refractivity contribution in [1.82, 2.24) is 4.90 Å². The Morgan fingerprint density at radius 1 is 1.24 bits per heavy atom. The number of anilines is 2. The van der Waals surface area contributed by atoms with Gasteiger partial charge in [0.15, 0.2) is 0 Å². The number of benzene rings is 1. The number of amides is 1. The molecule has 0 unspecified atom stereocenters. The van der Waals surface area contributed by atoms with Gasteiger partial charge in [0.05, 0.1) is 17.9 Å². The van der Waals surface area contributed by atoms with Crippen LogP contribution in [0.2, 0.25) is 5.02 Å². The molecule has 0 aromatic heterocycles. The van der Waals surface area contributed by atoms with Gasteiger partial charge in [-0.15, -0.1) is 0 Å². The molecule has 118 valence electrons. The van der Waals surface area contributed by atoms with E-state index in [1.807, 2.05) is 0 Å². The monoisotopic (exact) mass is 311 g/mol. The first-order chi connectivity index (χ1) is 10.1. The fourth-order valence-corrected chi connectivity index (χ4v) is 2.25. The van der Waals surface area contributed by atoms with Crippen LogP contribution in [0.15, 0.2) is 18.2 Å². The Hall–Kier alpha value is -1.26. The van der Waals surface area contributed by atoms with Crippen LogP contribution in [0.1, 0.15) is 39.5 Å². The van der Waals surface area contributed by atoms with Crippen molar-refractivity contribution in [1.29, 1.82) is 0 Å². The number of hydrogen-bond donors (Lipinski definition) is 2. The number of nitrogen functional groups attached to an aromatic ring is 1. The zero-order valence-electron chi connectivity index (χ0n) is 13.0. The van der Waals surface area contributed by atoms with Gasteiger partial charge in [-0.1, -0.05) is 38.3 Å². The second-order valence-corrected chi connectivity index (χ2v) is 5.70. The summed E-state index contributed by atoms with van der Waals surface area (Å²) in [4.78, 5) is 14.3. The van der Waals surface area contributed by atoms with Crippen LogP contribution >= 0.6 is 11.6 Å². The van der Waals surface area contributed by atoms with Crippen molar-refractivity contribution in [3.05, 3.63) is 23.2 Å². The number of nitrogens with one attached hydrogen (secondary N) is 1. The number of hydrogen-bond acceptors (Lipinski definition) is 3. The highest BCUT2D eigenvalue weighted by atomic mass is 35.5. The van der Waals surface area contributed by atoms with Gasteiger partial charge in [0.1, 0.15) is 0 Å². The Labute approximate surface area is 132 Å². The molecule has 0 saturated heterocycles. The highest BCUT2D eigenvalue weighted by molar-refractivity contribution is 6.31. The molecule has 1 aromatic rings. The van der Waals surface area contributed by atoms with E-state index < -0.39 is 0 Å². The molecular formula is C16H26ClN3O. The Balaban J connectivity index is 2.55. The molecule has 0 aliphatic rings. The van der Waals surface area contributed by atoms with Gasteiger partial charge in [0.25, 0.3) is 0 Å². The molecule has 21 heavy (non-hydrogen) atoms. The SMILES string of the molecule is CCCCN(CCCC)CC(=O)Nc1ccc(Cl)cc1N. The minimum atomic E-state index is -0.0313. The number of carbonyl (C=O) groups is 1. The van der Waals surface area contributed by atoms with Gasteiger partial charge in [-0.25, -0.2) is 0 Å². The minimum Gasteiger partial charge on any atom is -0.397 e. The quantitative estimate of drug-likeness (QED) is 0.683. The van der Waals surface area contributed by atoms with Crippen molar-refractivity contribution in [3.63, 3.8) is 0 Å². The average molecular weight is 312 g/mol. The van der Waals surface area contributed by atoms with Gasteiger partial charge in [0, 0.05) is 5.02 Å². The summed E-state index contributed by atoms with van der Waals surface area (Å²) in [6, 6.07) is 5.10. The largest absolute Gasteiger partial charge is 0.397 e. The van der Waals surface area contributed by atoms with E-state index in [1.165, 1.54) is 0 Å². The van der Waals surface area contributed by atoms with E-state index in [0.29, 0.717) is 22.9 Å². The number of rotatable bonds is 9. The molecule has 0 aliphatic heterocycles. The maximum atomic E-state index is 12.1. The van der Waals surface area contributed by atoms with E-state index in [9.17, 15) is 4.79 Å². The van der Waals surface area contributed by atoms with Gasteiger partial charge in [-0.05, 0) is 44.1 Å². The molecule has 5 heteroatoms. The molecule has 0 aliphatic carbocycles. The zero-order chi connectivity index (χ0) is 15.7. The molecule has 0 fully saturated rings. The van der Waals surface area contributed by atoms with Crippen molar-refractivity contribution in [2.24, 2.45) is 0 Å². The molecule has 0 heterocycles. The molecule has 3 N–H and O–H groups in total. The van der Waals surface area contributed by atoms with Crippen molar-refractivity contribution < 1.29 is 4.79 Å². The molecule has 1 amide bonds. The number of nitrogens with zero attached hydrogens (tertiary/aromatic N) is 1. The fourth-order valence-electron chi connectivity index (χ4n) is 2.07. The lowest BCUT2D eigenvalue weighted by atomic mass is 10.2. The summed E-state index contributed by atoms with van der Waals surface area (Å²) >= 11 is 5.85. The molecule has 1 rings (SSSR count). The van der Waals surface area contributed by atoms with Gasteiger partial charge in [-0.3, -0.25) is 9.69 Å². The standard InChI is InChI=1S/C16H26ClN3O/c1-3-5-9-20(10-6-4-2)12-16(21)19-15-8-7-13(17)11-14(15)18/h7-8,11H,3-6,9-10,12,18H2,1-2H3,(H,19,21). The topological polar surface area (TPSA) is 58.4 Å². The Morgan fingerprint density at radius 2 is 1.86 bits per heavy atom. The van der Waals surface area contributed by atoms with Crippen LogP contribution in [-0.4, -0.2) is 30.4 Å². The Morgan fingerprint density at radius 3 is 2.38 bits per heavy atom. The number of carbonyl (C=O) groups excluding carboxylic acids is 1. The molecule has 0 radical (unpaired) electrons. The lowest BCUT2D eigenvalue weighted by Crippen LogP contribution is -2.34. The van der Waals surface area contributed by atoms with E-state index in [4.69, 9.17) is 17.3 Å².